The van der Waals surface area contributed by atoms with E-state index in [4.69, 9.17) is 0 Å². The number of rotatable bonds is 4. The Labute approximate surface area is 130 Å². The Bertz CT molecular complexity index is 473. The second kappa shape index (κ2) is 6.04. The molecule has 1 saturated carbocycles. The zero-order chi connectivity index (χ0) is 14.1. The lowest BCUT2D eigenvalue weighted by Gasteiger charge is -2.40. The van der Waals surface area contributed by atoms with Gasteiger partial charge in [0.05, 0.1) is 0 Å². The lowest BCUT2D eigenvalue weighted by molar-refractivity contribution is 0.234. The van der Waals surface area contributed by atoms with Gasteiger partial charge in [-0.3, -0.25) is 0 Å². The summed E-state index contributed by atoms with van der Waals surface area (Å²) < 4.78 is 1.18. The summed E-state index contributed by atoms with van der Waals surface area (Å²) in [4.78, 5) is 4.98. The first-order valence-corrected chi connectivity index (χ1v) is 8.40. The highest BCUT2D eigenvalue weighted by atomic mass is 79.9. The molecular formula is C16H24BrN3. The van der Waals surface area contributed by atoms with E-state index in [-0.39, 0.29) is 0 Å². The second-order valence-corrected chi connectivity index (χ2v) is 7.12. The Morgan fingerprint density at radius 3 is 2.80 bits per heavy atom. The fourth-order valence-corrected chi connectivity index (χ4v) is 3.14. The summed E-state index contributed by atoms with van der Waals surface area (Å²) in [6.07, 6.45) is 2.69. The minimum atomic E-state index is 0.618. The molecule has 110 valence electrons. The van der Waals surface area contributed by atoms with Crippen LogP contribution in [0.1, 0.15) is 25.3 Å². The molecule has 0 aromatic heterocycles. The Hall–Kier alpha value is -0.580. The normalized spacial score (nSPS) is 24.1. The maximum absolute atomic E-state index is 3.64. The van der Waals surface area contributed by atoms with E-state index in [0.717, 1.165) is 32.2 Å². The fourth-order valence-electron chi connectivity index (χ4n) is 2.79. The summed E-state index contributed by atoms with van der Waals surface area (Å²) in [5, 5.41) is 3.64. The van der Waals surface area contributed by atoms with Crippen LogP contribution in [0.4, 0.5) is 5.69 Å². The molecule has 0 bridgehead atoms. The molecule has 0 spiro atoms. The van der Waals surface area contributed by atoms with E-state index in [0.29, 0.717) is 6.04 Å². The van der Waals surface area contributed by atoms with Crippen LogP contribution in [0.25, 0.3) is 0 Å². The monoisotopic (exact) mass is 337 g/mol. The van der Waals surface area contributed by atoms with Crippen molar-refractivity contribution in [3.05, 3.63) is 28.2 Å². The van der Waals surface area contributed by atoms with Crippen LogP contribution in [-0.2, 0) is 6.54 Å². The van der Waals surface area contributed by atoms with E-state index in [1.807, 2.05) is 0 Å². The topological polar surface area (TPSA) is 18.5 Å². The SMILES string of the molecule is CC1CN(c2cc(Br)ccc2CNC2CC2)CCN1C. The van der Waals surface area contributed by atoms with Crippen LogP contribution in [0.5, 0.6) is 0 Å². The predicted molar refractivity (Wildman–Crippen MR) is 88.3 cm³/mol. The van der Waals surface area contributed by atoms with Gasteiger partial charge in [-0.25, -0.2) is 0 Å². The highest BCUT2D eigenvalue weighted by Crippen LogP contribution is 2.28. The van der Waals surface area contributed by atoms with Gasteiger partial charge in [0.2, 0.25) is 0 Å². The lowest BCUT2D eigenvalue weighted by atomic mass is 10.1. The number of anilines is 1. The van der Waals surface area contributed by atoms with Crippen LogP contribution in [0.2, 0.25) is 0 Å². The van der Waals surface area contributed by atoms with Crippen LogP contribution in [0, 0.1) is 0 Å². The molecule has 1 heterocycles. The third kappa shape index (κ3) is 3.35. The average molecular weight is 338 g/mol. The van der Waals surface area contributed by atoms with Crippen LogP contribution in [-0.4, -0.2) is 43.7 Å². The molecule has 0 radical (unpaired) electrons. The highest BCUT2D eigenvalue weighted by molar-refractivity contribution is 9.10. The molecule has 1 aliphatic heterocycles. The molecule has 1 atom stereocenters. The number of nitrogens with zero attached hydrogens (tertiary/aromatic N) is 2. The number of halogens is 1. The summed E-state index contributed by atoms with van der Waals surface area (Å²) in [5.41, 5.74) is 2.82. The third-order valence-corrected chi connectivity index (χ3v) is 5.00. The molecule has 0 amide bonds. The summed E-state index contributed by atoms with van der Waals surface area (Å²) in [5.74, 6) is 0. The molecule has 4 heteroatoms. The standard InChI is InChI=1S/C16H24BrN3/c1-12-11-20(8-7-19(12)2)16-9-14(17)4-3-13(16)10-18-15-5-6-15/h3-4,9,12,15,18H,5-8,10-11H2,1-2H3. The maximum Gasteiger partial charge on any atom is 0.0424 e. The van der Waals surface area contributed by atoms with Crippen molar-refractivity contribution >= 4 is 21.6 Å². The van der Waals surface area contributed by atoms with E-state index in [1.165, 1.54) is 28.6 Å². The van der Waals surface area contributed by atoms with Crippen molar-refractivity contribution in [1.29, 1.82) is 0 Å². The Kier molecular flexibility index (Phi) is 4.34. The smallest absolute Gasteiger partial charge is 0.0424 e. The van der Waals surface area contributed by atoms with Crippen LogP contribution in [0.15, 0.2) is 22.7 Å². The molecule has 2 aliphatic rings. The number of hydrogen-bond acceptors (Lipinski definition) is 3. The van der Waals surface area contributed by atoms with Gasteiger partial charge >= 0.3 is 0 Å². The van der Waals surface area contributed by atoms with E-state index < -0.39 is 0 Å². The van der Waals surface area contributed by atoms with E-state index in [9.17, 15) is 0 Å². The highest BCUT2D eigenvalue weighted by Gasteiger charge is 2.24. The first-order chi connectivity index (χ1) is 9.63. The Morgan fingerprint density at radius 2 is 2.10 bits per heavy atom. The van der Waals surface area contributed by atoms with Crippen molar-refractivity contribution in [3.8, 4) is 0 Å². The number of likely N-dealkylation sites (N-methyl/N-ethyl adjacent to an activating group) is 1. The molecule has 1 aliphatic carbocycles. The van der Waals surface area contributed by atoms with Crippen molar-refractivity contribution < 1.29 is 0 Å². The molecule has 2 fully saturated rings. The van der Waals surface area contributed by atoms with Gasteiger partial charge in [-0.15, -0.1) is 0 Å². The average Bonchev–Trinajstić information content (AvgIpc) is 3.24. The van der Waals surface area contributed by atoms with Crippen LogP contribution in [0.3, 0.4) is 0 Å². The molecule has 20 heavy (non-hydrogen) atoms. The molecule has 1 N–H and O–H groups in total. The fraction of sp³-hybridized carbons (Fsp3) is 0.625. The summed E-state index contributed by atoms with van der Waals surface area (Å²) in [6, 6.07) is 8.08. The molecule has 1 saturated heterocycles. The third-order valence-electron chi connectivity index (χ3n) is 4.51. The summed E-state index contributed by atoms with van der Waals surface area (Å²) >= 11 is 3.62. The van der Waals surface area contributed by atoms with Gasteiger partial charge in [-0.05, 0) is 44.5 Å². The van der Waals surface area contributed by atoms with E-state index in [1.54, 1.807) is 0 Å². The number of nitrogens with one attached hydrogen (secondary N) is 1. The zero-order valence-corrected chi connectivity index (χ0v) is 14.0. The van der Waals surface area contributed by atoms with Crippen molar-refractivity contribution in [2.75, 3.05) is 31.6 Å². The van der Waals surface area contributed by atoms with Crippen molar-refractivity contribution in [1.82, 2.24) is 10.2 Å². The molecule has 3 nitrogen and oxygen atoms in total. The van der Waals surface area contributed by atoms with Crippen molar-refractivity contribution in [2.24, 2.45) is 0 Å². The van der Waals surface area contributed by atoms with Gasteiger partial charge in [-0.1, -0.05) is 22.0 Å². The quantitative estimate of drug-likeness (QED) is 0.911. The van der Waals surface area contributed by atoms with Gasteiger partial charge in [0.1, 0.15) is 0 Å². The van der Waals surface area contributed by atoms with Gasteiger partial charge in [0, 0.05) is 48.4 Å². The van der Waals surface area contributed by atoms with E-state index in [2.05, 4.69) is 63.2 Å². The van der Waals surface area contributed by atoms with Crippen molar-refractivity contribution in [3.63, 3.8) is 0 Å². The van der Waals surface area contributed by atoms with Gasteiger partial charge < -0.3 is 15.1 Å². The predicted octanol–water partition coefficient (Wildman–Crippen LogP) is 2.84. The minimum Gasteiger partial charge on any atom is -0.368 e. The number of piperazine rings is 1. The zero-order valence-electron chi connectivity index (χ0n) is 12.4. The second-order valence-electron chi connectivity index (χ2n) is 6.20. The van der Waals surface area contributed by atoms with Crippen molar-refractivity contribution in [2.45, 2.75) is 38.4 Å². The number of benzene rings is 1. The summed E-state index contributed by atoms with van der Waals surface area (Å²) in [6.45, 7) is 6.68. The maximum atomic E-state index is 3.64. The van der Waals surface area contributed by atoms with Gasteiger partial charge in [0.15, 0.2) is 0 Å². The molecular weight excluding hydrogens is 314 g/mol. The van der Waals surface area contributed by atoms with Crippen LogP contribution >= 0.6 is 15.9 Å². The lowest BCUT2D eigenvalue weighted by Crippen LogP contribution is -2.50. The largest absolute Gasteiger partial charge is 0.368 e. The molecule has 1 aromatic rings. The van der Waals surface area contributed by atoms with Crippen LogP contribution < -0.4 is 10.2 Å². The van der Waals surface area contributed by atoms with Gasteiger partial charge in [-0.2, -0.15) is 0 Å². The summed E-state index contributed by atoms with van der Waals surface area (Å²) in [7, 11) is 2.22. The van der Waals surface area contributed by atoms with Gasteiger partial charge in [0.25, 0.3) is 0 Å². The minimum absolute atomic E-state index is 0.618. The van der Waals surface area contributed by atoms with E-state index >= 15 is 0 Å². The first-order valence-electron chi connectivity index (χ1n) is 7.60. The molecule has 1 aromatic carbocycles. The molecule has 1 unspecified atom stereocenters. The number of hydrogen-bond donors (Lipinski definition) is 1. The Balaban J connectivity index is 1.77. The first kappa shape index (κ1) is 14.4. The molecule has 3 rings (SSSR count). The Morgan fingerprint density at radius 1 is 1.30 bits per heavy atom.